The number of carbonyl (C=O) groups excluding carboxylic acids is 1. The summed E-state index contributed by atoms with van der Waals surface area (Å²) < 4.78 is 39.5. The van der Waals surface area contributed by atoms with Crippen molar-refractivity contribution in [2.75, 3.05) is 24.6 Å². The smallest absolute Gasteiger partial charge is 0.324 e. The number of hydrogen-bond acceptors (Lipinski definition) is 3. The van der Waals surface area contributed by atoms with E-state index in [1.165, 1.54) is 4.68 Å². The van der Waals surface area contributed by atoms with Crippen molar-refractivity contribution in [3.8, 4) is 0 Å². The molecular weight excluding hydrogens is 424 g/mol. The lowest BCUT2D eigenvalue weighted by atomic mass is 10.1. The molecule has 1 N–H and O–H groups in total. The molecule has 3 heterocycles. The standard InChI is InChI=1S/C13H15F3N4O.CH3I/c1-8-5-19(7-13(14,15)16)12(21)11-9-4-17-3-2-10(9)18-20(11)6-8;1-2/h17H,1-7H2;1H3. The highest BCUT2D eigenvalue weighted by molar-refractivity contribution is 14.1. The third-order valence-corrected chi connectivity index (χ3v) is 3.62. The predicted octanol–water partition coefficient (Wildman–Crippen LogP) is 2.15. The first-order chi connectivity index (χ1) is 10.8. The Morgan fingerprint density at radius 3 is 2.70 bits per heavy atom. The largest absolute Gasteiger partial charge is 0.406 e. The second kappa shape index (κ2) is 7.20. The van der Waals surface area contributed by atoms with Crippen molar-refractivity contribution < 1.29 is 18.0 Å². The van der Waals surface area contributed by atoms with E-state index in [9.17, 15) is 18.0 Å². The molecule has 3 rings (SSSR count). The van der Waals surface area contributed by atoms with Gasteiger partial charge in [-0.2, -0.15) is 18.3 Å². The van der Waals surface area contributed by atoms with Gasteiger partial charge >= 0.3 is 6.18 Å². The van der Waals surface area contributed by atoms with Crippen molar-refractivity contribution in [3.63, 3.8) is 0 Å². The number of nitrogens with one attached hydrogen (secondary N) is 1. The van der Waals surface area contributed by atoms with Crippen LogP contribution in [0.4, 0.5) is 13.2 Å². The maximum absolute atomic E-state index is 12.7. The molecular formula is C14H18F3IN4O. The molecule has 2 aliphatic heterocycles. The van der Waals surface area contributed by atoms with E-state index in [1.54, 1.807) is 0 Å². The van der Waals surface area contributed by atoms with Crippen molar-refractivity contribution in [1.29, 1.82) is 0 Å². The number of carbonyl (C=O) groups is 1. The minimum atomic E-state index is -4.43. The lowest BCUT2D eigenvalue weighted by Crippen LogP contribution is -2.40. The number of nitrogens with zero attached hydrogens (tertiary/aromatic N) is 3. The van der Waals surface area contributed by atoms with Crippen molar-refractivity contribution in [3.05, 3.63) is 29.1 Å². The SMILES string of the molecule is C=C1CN(CC(F)(F)F)C(=O)c2c3c(nn2C1)CCNC3.CI. The first-order valence-electron chi connectivity index (χ1n) is 7.05. The van der Waals surface area contributed by atoms with Crippen LogP contribution in [0.3, 0.4) is 0 Å². The molecule has 0 atom stereocenters. The third-order valence-electron chi connectivity index (χ3n) is 3.62. The fraction of sp³-hybridized carbons (Fsp3) is 0.571. The number of rotatable bonds is 1. The van der Waals surface area contributed by atoms with Crippen LogP contribution in [0.25, 0.3) is 0 Å². The summed E-state index contributed by atoms with van der Waals surface area (Å²) in [5.74, 6) is -0.622. The van der Waals surface area contributed by atoms with Gasteiger partial charge in [0.1, 0.15) is 12.2 Å². The lowest BCUT2D eigenvalue weighted by Gasteiger charge is -2.23. The quantitative estimate of drug-likeness (QED) is 0.412. The second-order valence-corrected chi connectivity index (χ2v) is 5.38. The van der Waals surface area contributed by atoms with Crippen molar-refractivity contribution in [1.82, 2.24) is 20.0 Å². The maximum Gasteiger partial charge on any atom is 0.406 e. The highest BCUT2D eigenvalue weighted by Crippen LogP contribution is 2.26. The molecule has 1 aromatic heterocycles. The summed E-state index contributed by atoms with van der Waals surface area (Å²) in [7, 11) is 0. The summed E-state index contributed by atoms with van der Waals surface area (Å²) in [6.45, 7) is 3.89. The molecule has 0 saturated carbocycles. The Morgan fingerprint density at radius 2 is 2.04 bits per heavy atom. The zero-order valence-electron chi connectivity index (χ0n) is 12.7. The molecule has 0 aromatic carbocycles. The molecule has 128 valence electrons. The average molecular weight is 442 g/mol. The average Bonchev–Trinajstić information content (AvgIpc) is 2.79. The van der Waals surface area contributed by atoms with Crippen LogP contribution in [0.2, 0.25) is 0 Å². The molecule has 1 amide bonds. The first kappa shape index (κ1) is 18.2. The molecule has 1 aromatic rings. The second-order valence-electron chi connectivity index (χ2n) is 5.38. The monoisotopic (exact) mass is 442 g/mol. The van der Waals surface area contributed by atoms with Crippen LogP contribution in [0.1, 0.15) is 21.7 Å². The van der Waals surface area contributed by atoms with Crippen molar-refractivity contribution in [2.24, 2.45) is 0 Å². The lowest BCUT2D eigenvalue weighted by molar-refractivity contribution is -0.139. The maximum atomic E-state index is 12.7. The molecule has 2 aliphatic rings. The Labute approximate surface area is 146 Å². The normalized spacial score (nSPS) is 17.9. The molecule has 0 fully saturated rings. The van der Waals surface area contributed by atoms with Gasteiger partial charge in [-0.05, 0) is 10.5 Å². The summed E-state index contributed by atoms with van der Waals surface area (Å²) >= 11 is 2.15. The summed E-state index contributed by atoms with van der Waals surface area (Å²) in [4.78, 5) is 15.3. The number of amides is 1. The van der Waals surface area contributed by atoms with Gasteiger partial charge in [-0.1, -0.05) is 29.2 Å². The van der Waals surface area contributed by atoms with E-state index >= 15 is 0 Å². The summed E-state index contributed by atoms with van der Waals surface area (Å²) in [5, 5.41) is 7.49. The highest BCUT2D eigenvalue weighted by atomic mass is 127. The van der Waals surface area contributed by atoms with E-state index in [1.807, 2.05) is 4.93 Å². The zero-order chi connectivity index (χ0) is 17.2. The summed E-state index contributed by atoms with van der Waals surface area (Å²) in [6, 6.07) is 0. The van der Waals surface area contributed by atoms with Gasteiger partial charge in [-0.25, -0.2) is 0 Å². The van der Waals surface area contributed by atoms with Gasteiger partial charge in [0.05, 0.1) is 12.2 Å². The molecule has 0 unspecified atom stereocenters. The topological polar surface area (TPSA) is 50.2 Å². The van der Waals surface area contributed by atoms with Gasteiger partial charge in [0.25, 0.3) is 5.91 Å². The van der Waals surface area contributed by atoms with Gasteiger partial charge < -0.3 is 10.2 Å². The van der Waals surface area contributed by atoms with E-state index in [0.29, 0.717) is 24.1 Å². The van der Waals surface area contributed by atoms with Crippen LogP contribution in [0, 0.1) is 0 Å². The minimum absolute atomic E-state index is 0.0933. The van der Waals surface area contributed by atoms with Crippen LogP contribution in [0.5, 0.6) is 0 Å². The number of fused-ring (bicyclic) bond motifs is 3. The summed E-state index contributed by atoms with van der Waals surface area (Å²) in [6.07, 6.45) is -3.75. The van der Waals surface area contributed by atoms with E-state index in [0.717, 1.165) is 17.1 Å². The Hall–Kier alpha value is -1.10. The fourth-order valence-electron chi connectivity index (χ4n) is 2.81. The number of alkyl halides is 4. The van der Waals surface area contributed by atoms with Gasteiger partial charge in [-0.15, -0.1) is 0 Å². The number of aromatic nitrogens is 2. The fourth-order valence-corrected chi connectivity index (χ4v) is 2.81. The Morgan fingerprint density at radius 1 is 1.35 bits per heavy atom. The van der Waals surface area contributed by atoms with Gasteiger partial charge in [0.15, 0.2) is 0 Å². The van der Waals surface area contributed by atoms with Gasteiger partial charge in [0.2, 0.25) is 0 Å². The van der Waals surface area contributed by atoms with Crippen LogP contribution >= 0.6 is 22.6 Å². The van der Waals surface area contributed by atoms with Crippen molar-refractivity contribution >= 4 is 28.5 Å². The summed E-state index contributed by atoms with van der Waals surface area (Å²) in [5.41, 5.74) is 2.31. The van der Waals surface area contributed by atoms with E-state index < -0.39 is 18.6 Å². The molecule has 23 heavy (non-hydrogen) atoms. The molecule has 0 radical (unpaired) electrons. The number of hydrogen-bond donors (Lipinski definition) is 1. The first-order valence-corrected chi connectivity index (χ1v) is 9.20. The third kappa shape index (κ3) is 4.06. The van der Waals surface area contributed by atoms with Crippen molar-refractivity contribution in [2.45, 2.75) is 25.7 Å². The van der Waals surface area contributed by atoms with E-state index in [4.69, 9.17) is 0 Å². The van der Waals surface area contributed by atoms with Crippen LogP contribution in [-0.2, 0) is 19.5 Å². The zero-order valence-corrected chi connectivity index (χ0v) is 14.9. The minimum Gasteiger partial charge on any atom is -0.324 e. The Balaban J connectivity index is 0.000000924. The van der Waals surface area contributed by atoms with Crippen LogP contribution in [-0.4, -0.2) is 51.3 Å². The number of halogens is 4. The van der Waals surface area contributed by atoms with Crippen LogP contribution in [0.15, 0.2) is 12.2 Å². The van der Waals surface area contributed by atoms with Gasteiger partial charge in [0, 0.05) is 31.6 Å². The molecule has 0 spiro atoms. The van der Waals surface area contributed by atoms with Gasteiger partial charge in [-0.3, -0.25) is 9.48 Å². The highest BCUT2D eigenvalue weighted by Gasteiger charge is 2.37. The van der Waals surface area contributed by atoms with Crippen LogP contribution < -0.4 is 5.32 Å². The molecule has 5 nitrogen and oxygen atoms in total. The molecule has 0 aliphatic carbocycles. The molecule has 9 heteroatoms. The van der Waals surface area contributed by atoms with E-state index in [-0.39, 0.29) is 18.8 Å². The molecule has 0 saturated heterocycles. The Bertz CT molecular complexity index is 612. The predicted molar refractivity (Wildman–Crippen MR) is 88.7 cm³/mol. The van der Waals surface area contributed by atoms with E-state index in [2.05, 4.69) is 39.6 Å². The Kier molecular flexibility index (Phi) is 5.71. The molecule has 0 bridgehead atoms.